The summed E-state index contributed by atoms with van der Waals surface area (Å²) in [5.41, 5.74) is 0. The maximum atomic E-state index is 10.9. The topological polar surface area (TPSA) is 105 Å². The van der Waals surface area contributed by atoms with Crippen LogP contribution in [-0.4, -0.2) is 53.7 Å². The van der Waals surface area contributed by atoms with E-state index in [9.17, 15) is 9.67 Å². The molecule has 0 aromatic carbocycles. The lowest BCUT2D eigenvalue weighted by molar-refractivity contribution is -0.143. The molecule has 3 N–H and O–H groups in total. The Hall–Kier alpha value is -0.0100. The van der Waals surface area contributed by atoms with Crippen LogP contribution in [0.1, 0.15) is 0 Å². The van der Waals surface area contributed by atoms with E-state index in [4.69, 9.17) is 19.5 Å². The van der Waals surface area contributed by atoms with Crippen molar-refractivity contribution in [2.45, 2.75) is 18.5 Å². The Morgan fingerprint density at radius 1 is 1.57 bits per heavy atom. The first-order valence-electron chi connectivity index (χ1n) is 3.93. The zero-order valence-electron chi connectivity index (χ0n) is 7.57. The molecule has 0 spiro atoms. The van der Waals surface area contributed by atoms with Crippen LogP contribution in [0.4, 0.5) is 0 Å². The maximum Gasteiger partial charge on any atom is 0.353 e. The minimum atomic E-state index is -3.77. The molecule has 0 saturated carbocycles. The molecule has 14 heavy (non-hydrogen) atoms. The van der Waals surface area contributed by atoms with Crippen molar-refractivity contribution in [3.8, 4) is 0 Å². The third kappa shape index (κ3) is 2.99. The second-order valence-electron chi connectivity index (χ2n) is 2.88. The summed E-state index contributed by atoms with van der Waals surface area (Å²) >= 11 is 0. The van der Waals surface area contributed by atoms with Gasteiger partial charge in [0.2, 0.25) is 0 Å². The molecular formula is C6H13O7P. The largest absolute Gasteiger partial charge is 0.388 e. The third-order valence-electron chi connectivity index (χ3n) is 1.79. The molecule has 0 aromatic rings. The predicted octanol–water partition coefficient (Wildman–Crippen LogP) is -1.13. The molecule has 0 amide bonds. The molecule has 1 aliphatic rings. The van der Waals surface area contributed by atoms with Crippen LogP contribution in [0.5, 0.6) is 0 Å². The molecule has 2 unspecified atom stereocenters. The van der Waals surface area contributed by atoms with Crippen molar-refractivity contribution in [1.82, 2.24) is 0 Å². The quantitative estimate of drug-likeness (QED) is 0.523. The summed E-state index contributed by atoms with van der Waals surface area (Å²) in [6, 6.07) is 0. The van der Waals surface area contributed by atoms with Gasteiger partial charge >= 0.3 is 7.60 Å². The van der Waals surface area contributed by atoms with Crippen molar-refractivity contribution in [2.75, 3.05) is 20.1 Å². The summed E-state index contributed by atoms with van der Waals surface area (Å²) in [6.07, 6.45) is -3.90. The number of hydrogen-bond donors (Lipinski definition) is 3. The Kier molecular flexibility index (Phi) is 4.03. The first kappa shape index (κ1) is 12.1. The monoisotopic (exact) mass is 228 g/mol. The van der Waals surface area contributed by atoms with Gasteiger partial charge in [0.05, 0.1) is 6.61 Å². The molecule has 8 heteroatoms. The Labute approximate surface area is 80.7 Å². The van der Waals surface area contributed by atoms with Crippen molar-refractivity contribution < 1.29 is 33.7 Å². The lowest BCUT2D eigenvalue weighted by Gasteiger charge is -2.16. The Bertz CT molecular complexity index is 232. The van der Waals surface area contributed by atoms with Crippen LogP contribution in [0.2, 0.25) is 0 Å². The van der Waals surface area contributed by atoms with Gasteiger partial charge in [-0.15, -0.1) is 0 Å². The smallest absolute Gasteiger partial charge is 0.353 e. The van der Waals surface area contributed by atoms with Crippen molar-refractivity contribution in [3.63, 3.8) is 0 Å². The molecule has 1 fully saturated rings. The second-order valence-corrected chi connectivity index (χ2v) is 4.77. The fraction of sp³-hybridized carbons (Fsp3) is 1.00. The minimum Gasteiger partial charge on any atom is -0.388 e. The normalized spacial score (nSPS) is 37.0. The lowest BCUT2D eigenvalue weighted by atomic mass is 10.2. The summed E-state index contributed by atoms with van der Waals surface area (Å²) in [4.78, 5) is 8.94. The fourth-order valence-electron chi connectivity index (χ4n) is 0.939. The summed E-state index contributed by atoms with van der Waals surface area (Å²) in [5.74, 6) is 0. The van der Waals surface area contributed by atoms with Crippen molar-refractivity contribution in [1.29, 1.82) is 0 Å². The highest BCUT2D eigenvalue weighted by atomic mass is 31.2. The molecule has 0 bridgehead atoms. The van der Waals surface area contributed by atoms with Crippen LogP contribution in [-0.2, 0) is 18.6 Å². The van der Waals surface area contributed by atoms with E-state index < -0.39 is 32.4 Å². The number of rotatable bonds is 4. The first-order valence-corrected chi connectivity index (χ1v) is 5.69. The van der Waals surface area contributed by atoms with Gasteiger partial charge in [0.25, 0.3) is 0 Å². The molecule has 1 saturated heterocycles. The van der Waals surface area contributed by atoms with E-state index in [1.807, 2.05) is 0 Å². The zero-order valence-corrected chi connectivity index (χ0v) is 8.46. The molecule has 0 aliphatic carbocycles. The van der Waals surface area contributed by atoms with E-state index in [0.29, 0.717) is 0 Å². The van der Waals surface area contributed by atoms with Gasteiger partial charge in [-0.3, -0.25) is 4.57 Å². The molecule has 0 aromatic heterocycles. The van der Waals surface area contributed by atoms with Gasteiger partial charge in [-0.05, 0) is 0 Å². The van der Waals surface area contributed by atoms with Gasteiger partial charge in [0, 0.05) is 7.11 Å². The molecule has 4 atom stereocenters. The van der Waals surface area contributed by atoms with Crippen LogP contribution >= 0.6 is 7.60 Å². The molecule has 1 aliphatic heterocycles. The van der Waals surface area contributed by atoms with Crippen LogP contribution in [0.25, 0.3) is 0 Å². The van der Waals surface area contributed by atoms with Crippen molar-refractivity contribution in [3.05, 3.63) is 0 Å². The van der Waals surface area contributed by atoms with Gasteiger partial charge in [-0.2, -0.15) is 0 Å². The Morgan fingerprint density at radius 2 is 2.21 bits per heavy atom. The van der Waals surface area contributed by atoms with E-state index in [1.165, 1.54) is 0 Å². The van der Waals surface area contributed by atoms with Crippen LogP contribution in [0.3, 0.4) is 0 Å². The van der Waals surface area contributed by atoms with E-state index in [2.05, 4.69) is 4.52 Å². The molecule has 1 heterocycles. The molecule has 84 valence electrons. The summed E-state index contributed by atoms with van der Waals surface area (Å²) in [7, 11) is -2.69. The van der Waals surface area contributed by atoms with Gasteiger partial charge in [-0.25, -0.2) is 0 Å². The van der Waals surface area contributed by atoms with Crippen LogP contribution < -0.4 is 0 Å². The summed E-state index contributed by atoms with van der Waals surface area (Å²) in [5, 5.41) is 18.3. The summed E-state index contributed by atoms with van der Waals surface area (Å²) < 4.78 is 24.8. The number of hydrogen-bond acceptors (Lipinski definition) is 6. The van der Waals surface area contributed by atoms with E-state index in [0.717, 1.165) is 7.11 Å². The van der Waals surface area contributed by atoms with E-state index >= 15 is 0 Å². The Balaban J connectivity index is 2.36. The third-order valence-corrected chi connectivity index (χ3v) is 2.84. The zero-order chi connectivity index (χ0) is 10.8. The van der Waals surface area contributed by atoms with Crippen molar-refractivity contribution in [2.24, 2.45) is 0 Å². The van der Waals surface area contributed by atoms with Gasteiger partial charge < -0.3 is 29.1 Å². The fourth-order valence-corrected chi connectivity index (χ4v) is 1.38. The second kappa shape index (κ2) is 4.67. The molecule has 0 radical (unpaired) electrons. The average molecular weight is 228 g/mol. The highest BCUT2D eigenvalue weighted by molar-refractivity contribution is 7.52. The predicted molar refractivity (Wildman–Crippen MR) is 44.5 cm³/mol. The molecular weight excluding hydrogens is 215 g/mol. The van der Waals surface area contributed by atoms with Gasteiger partial charge in [0.15, 0.2) is 12.6 Å². The SMILES string of the molecule is COP(=O)(O)COC1OC[C@H](O)[C@@H]1O. The number of ether oxygens (including phenoxy) is 2. The lowest BCUT2D eigenvalue weighted by Crippen LogP contribution is -2.31. The summed E-state index contributed by atoms with van der Waals surface area (Å²) in [6.45, 7) is -0.0610. The van der Waals surface area contributed by atoms with E-state index in [1.54, 1.807) is 0 Å². The Morgan fingerprint density at radius 3 is 2.64 bits per heavy atom. The first-order chi connectivity index (χ1) is 6.46. The molecule has 1 rings (SSSR count). The van der Waals surface area contributed by atoms with E-state index in [-0.39, 0.29) is 6.61 Å². The minimum absolute atomic E-state index is 0.0610. The van der Waals surface area contributed by atoms with Crippen molar-refractivity contribution >= 4 is 7.60 Å². The highest BCUT2D eigenvalue weighted by Crippen LogP contribution is 2.41. The molecule has 7 nitrogen and oxygen atoms in total. The number of aliphatic hydroxyl groups excluding tert-OH is 2. The van der Waals surface area contributed by atoms with Gasteiger partial charge in [-0.1, -0.05) is 0 Å². The van der Waals surface area contributed by atoms with Crippen LogP contribution in [0.15, 0.2) is 0 Å². The maximum absolute atomic E-state index is 10.9. The average Bonchev–Trinajstić information content (AvgIpc) is 2.45. The van der Waals surface area contributed by atoms with Crippen LogP contribution in [0, 0.1) is 0 Å². The number of aliphatic hydroxyl groups is 2. The van der Waals surface area contributed by atoms with Gasteiger partial charge in [0.1, 0.15) is 12.2 Å². The highest BCUT2D eigenvalue weighted by Gasteiger charge is 2.36. The standard InChI is InChI=1S/C6H13O7P/c1-11-14(9,10)3-13-6-5(8)4(7)2-12-6/h4-8H,2-3H2,1H3,(H,9,10)/t4-,5-,6?/m0/s1.